The molecule has 7 heteroatoms. The Bertz CT molecular complexity index is 754. The average molecular weight is 286 g/mol. The molecule has 3 rings (SSSR count). The number of thiophene rings is 1. The summed E-state index contributed by atoms with van der Waals surface area (Å²) in [5.74, 6) is 0.773. The van der Waals surface area contributed by atoms with Gasteiger partial charge in [-0.25, -0.2) is 9.97 Å². The summed E-state index contributed by atoms with van der Waals surface area (Å²) in [6, 6.07) is 8.43. The molecule has 0 aliphatic heterocycles. The first kappa shape index (κ1) is 12.5. The van der Waals surface area contributed by atoms with Crippen LogP contribution < -0.4 is 5.32 Å². The largest absolute Gasteiger partial charge is 0.365 e. The Hall–Kier alpha value is -2.54. The van der Waals surface area contributed by atoms with Gasteiger partial charge in [-0.3, -0.25) is 10.1 Å². The number of nitrogens with zero attached hydrogens (tertiary/aromatic N) is 3. The van der Waals surface area contributed by atoms with E-state index in [1.54, 1.807) is 23.5 Å². The van der Waals surface area contributed by atoms with E-state index in [0.717, 1.165) is 21.6 Å². The van der Waals surface area contributed by atoms with Crippen molar-refractivity contribution >= 4 is 33.1 Å². The van der Waals surface area contributed by atoms with E-state index in [1.807, 2.05) is 11.4 Å². The van der Waals surface area contributed by atoms with Crippen molar-refractivity contribution in [2.45, 2.75) is 6.54 Å². The van der Waals surface area contributed by atoms with E-state index in [1.165, 1.54) is 18.5 Å². The first-order valence-corrected chi connectivity index (χ1v) is 6.77. The van der Waals surface area contributed by atoms with Crippen LogP contribution in [0.4, 0.5) is 11.5 Å². The molecule has 0 aliphatic carbocycles. The summed E-state index contributed by atoms with van der Waals surface area (Å²) in [7, 11) is 0. The highest BCUT2D eigenvalue weighted by atomic mass is 32.1. The van der Waals surface area contributed by atoms with Crippen LogP contribution in [0.3, 0.4) is 0 Å². The summed E-state index contributed by atoms with van der Waals surface area (Å²) < 4.78 is 0. The number of hydrogen-bond acceptors (Lipinski definition) is 6. The van der Waals surface area contributed by atoms with Crippen molar-refractivity contribution < 1.29 is 4.92 Å². The monoisotopic (exact) mass is 286 g/mol. The van der Waals surface area contributed by atoms with Gasteiger partial charge in [-0.15, -0.1) is 11.3 Å². The zero-order valence-corrected chi connectivity index (χ0v) is 11.1. The number of hydrogen-bond donors (Lipinski definition) is 1. The third kappa shape index (κ3) is 2.43. The molecule has 0 saturated carbocycles. The van der Waals surface area contributed by atoms with E-state index in [-0.39, 0.29) is 5.69 Å². The highest BCUT2D eigenvalue weighted by Crippen LogP contribution is 2.24. The minimum absolute atomic E-state index is 0.0935. The molecule has 2 aromatic heterocycles. The van der Waals surface area contributed by atoms with Crippen LogP contribution in [0, 0.1) is 10.1 Å². The minimum Gasteiger partial charge on any atom is -0.365 e. The molecule has 2 heterocycles. The second-order valence-electron chi connectivity index (χ2n) is 4.14. The molecule has 0 bridgehead atoms. The predicted molar refractivity (Wildman–Crippen MR) is 77.8 cm³/mol. The van der Waals surface area contributed by atoms with Crippen molar-refractivity contribution in [2.75, 3.05) is 5.32 Å². The highest BCUT2D eigenvalue weighted by molar-refractivity contribution is 7.16. The number of nitro benzene ring substituents is 1. The number of aromatic nitrogens is 2. The fourth-order valence-electron chi connectivity index (χ4n) is 1.85. The normalized spacial score (nSPS) is 10.6. The van der Waals surface area contributed by atoms with E-state index in [4.69, 9.17) is 0 Å². The number of fused-ring (bicyclic) bond motifs is 1. The summed E-state index contributed by atoms with van der Waals surface area (Å²) in [6.45, 7) is 0.556. The van der Waals surface area contributed by atoms with E-state index in [9.17, 15) is 10.1 Å². The molecule has 0 unspecified atom stereocenters. The van der Waals surface area contributed by atoms with Gasteiger partial charge < -0.3 is 5.32 Å². The summed E-state index contributed by atoms with van der Waals surface area (Å²) in [5.41, 5.74) is 1.05. The molecule has 1 aromatic carbocycles. The van der Waals surface area contributed by atoms with Crippen LogP contribution in [0.1, 0.15) is 5.56 Å². The van der Waals surface area contributed by atoms with Crippen LogP contribution in [0.2, 0.25) is 0 Å². The lowest BCUT2D eigenvalue weighted by atomic mass is 10.2. The Morgan fingerprint density at radius 2 is 2.00 bits per heavy atom. The Morgan fingerprint density at radius 3 is 2.75 bits per heavy atom. The summed E-state index contributed by atoms with van der Waals surface area (Å²) >= 11 is 1.56. The quantitative estimate of drug-likeness (QED) is 0.588. The van der Waals surface area contributed by atoms with Gasteiger partial charge in [-0.2, -0.15) is 0 Å². The molecular formula is C13H10N4O2S. The smallest absolute Gasteiger partial charge is 0.269 e. The van der Waals surface area contributed by atoms with E-state index in [0.29, 0.717) is 6.54 Å². The number of nitro groups is 1. The SMILES string of the molecule is O=[N+]([O-])c1ccc(CNc2ncnc3sccc23)cc1. The van der Waals surface area contributed by atoms with E-state index in [2.05, 4.69) is 15.3 Å². The van der Waals surface area contributed by atoms with Crippen LogP contribution in [0.5, 0.6) is 0 Å². The van der Waals surface area contributed by atoms with Gasteiger partial charge in [0.2, 0.25) is 0 Å². The van der Waals surface area contributed by atoms with Crippen molar-refractivity contribution in [1.82, 2.24) is 9.97 Å². The standard InChI is InChI=1S/C13H10N4O2S/c18-17(19)10-3-1-9(2-4-10)7-14-12-11-5-6-20-13(11)16-8-15-12/h1-6,8H,7H2,(H,14,15,16). The lowest BCUT2D eigenvalue weighted by Gasteiger charge is -2.06. The first-order chi connectivity index (χ1) is 9.74. The van der Waals surface area contributed by atoms with Crippen LogP contribution in [0.15, 0.2) is 42.0 Å². The lowest BCUT2D eigenvalue weighted by Crippen LogP contribution is -2.02. The van der Waals surface area contributed by atoms with E-state index < -0.39 is 4.92 Å². The number of rotatable bonds is 4. The molecule has 100 valence electrons. The molecule has 1 N–H and O–H groups in total. The molecule has 0 atom stereocenters. The molecule has 0 fully saturated rings. The molecule has 3 aromatic rings. The maximum absolute atomic E-state index is 10.6. The zero-order chi connectivity index (χ0) is 13.9. The predicted octanol–water partition coefficient (Wildman–Crippen LogP) is 3.21. The van der Waals surface area contributed by atoms with Gasteiger partial charge in [-0.05, 0) is 17.0 Å². The van der Waals surface area contributed by atoms with Crippen LogP contribution in [-0.2, 0) is 6.54 Å². The first-order valence-electron chi connectivity index (χ1n) is 5.89. The Morgan fingerprint density at radius 1 is 1.20 bits per heavy atom. The molecule has 0 saturated heterocycles. The van der Waals surface area contributed by atoms with Crippen LogP contribution in [-0.4, -0.2) is 14.9 Å². The van der Waals surface area contributed by atoms with Gasteiger partial charge in [0.25, 0.3) is 5.69 Å². The Balaban J connectivity index is 1.76. The number of anilines is 1. The summed E-state index contributed by atoms with van der Waals surface area (Å²) in [5, 5.41) is 16.8. The van der Waals surface area contributed by atoms with Gasteiger partial charge in [-0.1, -0.05) is 12.1 Å². The third-order valence-corrected chi connectivity index (χ3v) is 3.69. The maximum atomic E-state index is 10.6. The zero-order valence-electron chi connectivity index (χ0n) is 10.3. The number of non-ortho nitro benzene ring substituents is 1. The maximum Gasteiger partial charge on any atom is 0.269 e. The van der Waals surface area contributed by atoms with Gasteiger partial charge >= 0.3 is 0 Å². The second kappa shape index (κ2) is 5.22. The van der Waals surface area contributed by atoms with Gasteiger partial charge in [0.05, 0.1) is 10.3 Å². The second-order valence-corrected chi connectivity index (χ2v) is 5.03. The minimum atomic E-state index is -0.406. The van der Waals surface area contributed by atoms with Gasteiger partial charge in [0.1, 0.15) is 17.0 Å². The van der Waals surface area contributed by atoms with Crippen LogP contribution in [0.25, 0.3) is 10.2 Å². The van der Waals surface area contributed by atoms with Gasteiger partial charge in [0.15, 0.2) is 0 Å². The third-order valence-electron chi connectivity index (χ3n) is 2.87. The summed E-state index contributed by atoms with van der Waals surface area (Å²) in [4.78, 5) is 19.5. The molecule has 0 radical (unpaired) electrons. The number of benzene rings is 1. The fraction of sp³-hybridized carbons (Fsp3) is 0.0769. The molecule has 0 amide bonds. The molecule has 20 heavy (non-hydrogen) atoms. The van der Waals surface area contributed by atoms with Crippen molar-refractivity contribution in [2.24, 2.45) is 0 Å². The average Bonchev–Trinajstić information content (AvgIpc) is 2.94. The molecule has 0 spiro atoms. The van der Waals surface area contributed by atoms with Crippen molar-refractivity contribution in [3.8, 4) is 0 Å². The van der Waals surface area contributed by atoms with E-state index >= 15 is 0 Å². The van der Waals surface area contributed by atoms with Crippen molar-refractivity contribution in [3.63, 3.8) is 0 Å². The highest BCUT2D eigenvalue weighted by Gasteiger charge is 2.06. The summed E-state index contributed by atoms with van der Waals surface area (Å²) in [6.07, 6.45) is 1.52. The van der Waals surface area contributed by atoms with Crippen molar-refractivity contribution in [1.29, 1.82) is 0 Å². The molecule has 6 nitrogen and oxygen atoms in total. The van der Waals surface area contributed by atoms with Crippen LogP contribution >= 0.6 is 11.3 Å². The Labute approximate surface area is 118 Å². The lowest BCUT2D eigenvalue weighted by molar-refractivity contribution is -0.384. The molecule has 0 aliphatic rings. The molecular weight excluding hydrogens is 276 g/mol. The topological polar surface area (TPSA) is 81.0 Å². The number of nitrogens with one attached hydrogen (secondary N) is 1. The van der Waals surface area contributed by atoms with Gasteiger partial charge in [0, 0.05) is 18.7 Å². The Kier molecular flexibility index (Phi) is 3.26. The van der Waals surface area contributed by atoms with Crippen molar-refractivity contribution in [3.05, 3.63) is 57.7 Å². The fourth-order valence-corrected chi connectivity index (χ4v) is 2.58.